The van der Waals surface area contributed by atoms with E-state index in [0.29, 0.717) is 12.5 Å². The van der Waals surface area contributed by atoms with Crippen molar-refractivity contribution >= 4 is 23.6 Å². The number of carbonyl (C=O) groups excluding carboxylic acids is 1. The highest BCUT2D eigenvalue weighted by Gasteiger charge is 2.59. The van der Waals surface area contributed by atoms with Gasteiger partial charge in [-0.1, -0.05) is 6.07 Å². The van der Waals surface area contributed by atoms with Crippen molar-refractivity contribution in [2.75, 3.05) is 27.3 Å². The minimum absolute atomic E-state index is 0.155. The van der Waals surface area contributed by atoms with Gasteiger partial charge in [0.2, 0.25) is 0 Å². The molecule has 0 aromatic heterocycles. The van der Waals surface area contributed by atoms with E-state index in [-0.39, 0.29) is 11.2 Å². The first kappa shape index (κ1) is 23.4. The Labute approximate surface area is 193 Å². The summed E-state index contributed by atoms with van der Waals surface area (Å²) in [6.07, 6.45) is 4.96. The fourth-order valence-corrected chi connectivity index (χ4v) is 5.61. The summed E-state index contributed by atoms with van der Waals surface area (Å²) in [5.41, 5.74) is 0.452. The lowest BCUT2D eigenvalue weighted by Gasteiger charge is -2.48. The van der Waals surface area contributed by atoms with Gasteiger partial charge in [0.15, 0.2) is 11.4 Å². The number of carbonyl (C=O) groups is 1. The Hall–Kier alpha value is -1.80. The van der Waals surface area contributed by atoms with Crippen LogP contribution in [0.4, 0.5) is 8.78 Å². The van der Waals surface area contributed by atoms with Crippen LogP contribution >= 0.6 is 12.2 Å². The molecular weight excluding hydrogens is 434 g/mol. The minimum atomic E-state index is -2.52. The maximum atomic E-state index is 13.0. The summed E-state index contributed by atoms with van der Waals surface area (Å²) >= 11 is 5.49. The van der Waals surface area contributed by atoms with Crippen LogP contribution in [0.25, 0.3) is 0 Å². The molecule has 176 valence electrons. The van der Waals surface area contributed by atoms with Crippen LogP contribution < -0.4 is 10.1 Å². The van der Waals surface area contributed by atoms with Crippen LogP contribution in [0.3, 0.4) is 0 Å². The van der Waals surface area contributed by atoms with Crippen molar-refractivity contribution in [3.63, 3.8) is 0 Å². The van der Waals surface area contributed by atoms with Crippen LogP contribution in [-0.2, 0) is 21.5 Å². The maximum absolute atomic E-state index is 13.0. The number of halogens is 2. The van der Waals surface area contributed by atoms with E-state index >= 15 is 0 Å². The van der Waals surface area contributed by atoms with Gasteiger partial charge in [-0.15, -0.1) is 0 Å². The Morgan fingerprint density at radius 2 is 2.03 bits per heavy atom. The van der Waals surface area contributed by atoms with Crippen LogP contribution in [0.1, 0.15) is 49.7 Å². The molecule has 0 heterocycles. The minimum Gasteiger partial charge on any atom is -0.493 e. The van der Waals surface area contributed by atoms with Crippen molar-refractivity contribution in [1.29, 1.82) is 0 Å². The molecule has 32 heavy (non-hydrogen) atoms. The molecule has 3 aliphatic rings. The largest absolute Gasteiger partial charge is 0.493 e. The summed E-state index contributed by atoms with van der Waals surface area (Å²) in [7, 11) is 3.24. The van der Waals surface area contributed by atoms with Crippen molar-refractivity contribution in [3.05, 3.63) is 29.3 Å². The lowest BCUT2D eigenvalue weighted by molar-refractivity contribution is -0.120. The number of methoxy groups -OCH3 is 1. The molecule has 0 amide bonds. The van der Waals surface area contributed by atoms with Gasteiger partial charge in [-0.05, 0) is 86.3 Å². The predicted molar refractivity (Wildman–Crippen MR) is 122 cm³/mol. The Morgan fingerprint density at radius 1 is 1.31 bits per heavy atom. The monoisotopic (exact) mass is 466 g/mol. The van der Waals surface area contributed by atoms with E-state index in [9.17, 15) is 13.6 Å². The highest BCUT2D eigenvalue weighted by molar-refractivity contribution is 7.80. The van der Waals surface area contributed by atoms with E-state index in [2.05, 4.69) is 5.32 Å². The second kappa shape index (κ2) is 9.21. The number of rotatable bonds is 8. The fourth-order valence-electron chi connectivity index (χ4n) is 5.38. The first-order valence-corrected chi connectivity index (χ1v) is 11.8. The zero-order valence-corrected chi connectivity index (χ0v) is 19.6. The number of hydrogen-bond acceptors (Lipinski definition) is 4. The van der Waals surface area contributed by atoms with Gasteiger partial charge in [0, 0.05) is 19.6 Å². The third kappa shape index (κ3) is 4.36. The molecule has 2 saturated carbocycles. The first-order chi connectivity index (χ1) is 15.3. The number of nitrogens with zero attached hydrogens (tertiary/aromatic N) is 1. The third-order valence-electron chi connectivity index (χ3n) is 7.52. The molecule has 1 unspecified atom stereocenters. The SMILES string of the molecule is COC1CCC2(CC1)Cc1ccc(OCC3CC3)cc1C2(C=O)NC(=S)N(C)CC(F)F. The number of nitrogens with one attached hydrogen (secondary N) is 1. The highest BCUT2D eigenvalue weighted by Crippen LogP contribution is 2.57. The average Bonchev–Trinajstić information content (AvgIpc) is 3.57. The van der Waals surface area contributed by atoms with Crippen molar-refractivity contribution < 1.29 is 23.0 Å². The molecule has 0 radical (unpaired) electrons. The molecule has 5 nitrogen and oxygen atoms in total. The van der Waals surface area contributed by atoms with Crippen LogP contribution in [0.5, 0.6) is 5.75 Å². The predicted octanol–water partition coefficient (Wildman–Crippen LogP) is 4.07. The number of aldehydes is 1. The summed E-state index contributed by atoms with van der Waals surface area (Å²) in [5, 5.41) is 3.42. The second-order valence-corrected chi connectivity index (χ2v) is 9.98. The Bertz CT molecular complexity index is 856. The molecule has 0 saturated heterocycles. The van der Waals surface area contributed by atoms with Gasteiger partial charge in [0.25, 0.3) is 6.43 Å². The summed E-state index contributed by atoms with van der Waals surface area (Å²) in [4.78, 5) is 14.2. The molecule has 8 heteroatoms. The molecule has 1 aromatic carbocycles. The first-order valence-electron chi connectivity index (χ1n) is 11.4. The van der Waals surface area contributed by atoms with Gasteiger partial charge >= 0.3 is 0 Å². The normalized spacial score (nSPS) is 29.1. The zero-order valence-electron chi connectivity index (χ0n) is 18.7. The topological polar surface area (TPSA) is 50.8 Å². The van der Waals surface area contributed by atoms with Gasteiger partial charge in [0.05, 0.1) is 19.3 Å². The van der Waals surface area contributed by atoms with Gasteiger partial charge in [-0.3, -0.25) is 0 Å². The molecule has 1 N–H and O–H groups in total. The smallest absolute Gasteiger partial charge is 0.255 e. The van der Waals surface area contributed by atoms with Gasteiger partial charge in [0.1, 0.15) is 11.3 Å². The van der Waals surface area contributed by atoms with Crippen LogP contribution in [0.2, 0.25) is 0 Å². The Balaban J connectivity index is 1.68. The Morgan fingerprint density at radius 3 is 2.62 bits per heavy atom. The second-order valence-electron chi connectivity index (χ2n) is 9.59. The fraction of sp³-hybridized carbons (Fsp3) is 0.667. The lowest BCUT2D eigenvalue weighted by atomic mass is 9.62. The van der Waals surface area contributed by atoms with Crippen LogP contribution in [-0.4, -0.2) is 56.1 Å². The molecule has 2 fully saturated rings. The van der Waals surface area contributed by atoms with E-state index in [1.54, 1.807) is 7.11 Å². The summed E-state index contributed by atoms with van der Waals surface area (Å²) in [6.45, 7) is 0.188. The molecule has 1 aromatic rings. The molecule has 1 atom stereocenters. The van der Waals surface area contributed by atoms with Crippen molar-refractivity contribution in [2.45, 2.75) is 63.0 Å². The zero-order chi connectivity index (χ0) is 22.9. The average molecular weight is 467 g/mol. The van der Waals surface area contributed by atoms with Gasteiger partial charge in [-0.25, -0.2) is 8.78 Å². The third-order valence-corrected chi connectivity index (χ3v) is 7.93. The molecular formula is C24H32F2N2O3S. The van der Waals surface area contributed by atoms with E-state index in [4.69, 9.17) is 21.7 Å². The van der Waals surface area contributed by atoms with Crippen LogP contribution in [0, 0.1) is 11.3 Å². The van der Waals surface area contributed by atoms with Crippen molar-refractivity contribution in [2.24, 2.45) is 11.3 Å². The van der Waals surface area contributed by atoms with Gasteiger partial charge in [-0.2, -0.15) is 0 Å². The van der Waals surface area contributed by atoms with Crippen LogP contribution in [0.15, 0.2) is 18.2 Å². The number of alkyl halides is 2. The summed E-state index contributed by atoms with van der Waals surface area (Å²) < 4.78 is 37.5. The highest BCUT2D eigenvalue weighted by atomic mass is 32.1. The van der Waals surface area contributed by atoms with Crippen molar-refractivity contribution in [3.8, 4) is 5.75 Å². The van der Waals surface area contributed by atoms with E-state index < -0.39 is 23.9 Å². The number of hydrogen-bond donors (Lipinski definition) is 1. The van der Waals surface area contributed by atoms with Gasteiger partial charge < -0.3 is 24.5 Å². The van der Waals surface area contributed by atoms with E-state index in [0.717, 1.165) is 55.3 Å². The number of thiocarbonyl (C=S) groups is 1. The van der Waals surface area contributed by atoms with E-state index in [1.165, 1.54) is 24.8 Å². The van der Waals surface area contributed by atoms with Crippen molar-refractivity contribution in [1.82, 2.24) is 10.2 Å². The molecule has 3 aliphatic carbocycles. The standard InChI is InChI=1S/C24H32F2N2O3S/c1-28(13-21(25)26)22(32)27-24(15-29)20-11-19(31-14-16-3-4-16)6-5-17(20)12-23(24)9-7-18(30-2)8-10-23/h5-6,11,15-16,18,21H,3-4,7-10,12-14H2,1-2H3,(H,27,32). The van der Waals surface area contributed by atoms with E-state index in [1.807, 2.05) is 18.2 Å². The quantitative estimate of drug-likeness (QED) is 0.460. The lowest BCUT2D eigenvalue weighted by Crippen LogP contribution is -2.60. The number of fused-ring (bicyclic) bond motifs is 1. The molecule has 0 aliphatic heterocycles. The number of benzene rings is 1. The maximum Gasteiger partial charge on any atom is 0.255 e. The summed E-state index contributed by atoms with van der Waals surface area (Å²) in [5.74, 6) is 1.35. The number of ether oxygens (including phenoxy) is 2. The Kier molecular flexibility index (Phi) is 6.73. The molecule has 0 bridgehead atoms. The summed E-state index contributed by atoms with van der Waals surface area (Å²) in [6, 6.07) is 5.96. The molecule has 4 rings (SSSR count). The molecule has 1 spiro atoms.